The fourth-order valence-corrected chi connectivity index (χ4v) is 1.54. The highest BCUT2D eigenvalue weighted by Gasteiger charge is 2.08. The molecule has 70 valence electrons. The standard InChI is InChI=1S/C13H8N2/c1-8-7-12-11(10(3)9(8)2)5-6-13(14-4)15-12/h1-2,5-7H,3H3. The summed E-state index contributed by atoms with van der Waals surface area (Å²) in [6.45, 7) is 20.3. The van der Waals surface area contributed by atoms with E-state index in [-0.39, 0.29) is 0 Å². The summed E-state index contributed by atoms with van der Waals surface area (Å²) < 4.78 is 0. The first-order valence-corrected chi connectivity index (χ1v) is 4.46. The molecular weight excluding hydrogens is 184 g/mol. The molecule has 2 aromatic rings. The molecule has 0 aliphatic carbocycles. The maximum atomic E-state index is 6.88. The lowest BCUT2D eigenvalue weighted by Gasteiger charge is -2.06. The molecule has 4 radical (unpaired) electrons. The first kappa shape index (κ1) is 9.67. The van der Waals surface area contributed by atoms with Crippen LogP contribution in [0.25, 0.3) is 15.7 Å². The summed E-state index contributed by atoms with van der Waals surface area (Å²) in [6, 6.07) is 5.23. The van der Waals surface area contributed by atoms with Crippen LogP contribution in [-0.2, 0) is 0 Å². The second kappa shape index (κ2) is 3.36. The van der Waals surface area contributed by atoms with E-state index in [4.69, 9.17) is 20.4 Å². The highest BCUT2D eigenvalue weighted by molar-refractivity contribution is 5.86. The van der Waals surface area contributed by atoms with Gasteiger partial charge in [-0.15, -0.1) is 4.98 Å². The van der Waals surface area contributed by atoms with E-state index in [0.717, 1.165) is 10.9 Å². The molecule has 0 saturated heterocycles. The number of hydrogen-bond acceptors (Lipinski definition) is 1. The molecule has 0 aliphatic heterocycles. The number of hydrogen-bond donors (Lipinski definition) is 0. The van der Waals surface area contributed by atoms with Crippen LogP contribution in [0.5, 0.6) is 0 Å². The molecule has 0 saturated carbocycles. The van der Waals surface area contributed by atoms with Gasteiger partial charge < -0.3 is 4.85 Å². The van der Waals surface area contributed by atoms with Gasteiger partial charge in [0.15, 0.2) is 5.52 Å². The van der Waals surface area contributed by atoms with Crippen molar-refractivity contribution in [2.45, 2.75) is 6.92 Å². The van der Waals surface area contributed by atoms with Crippen LogP contribution >= 0.6 is 0 Å². The molecule has 0 amide bonds. The van der Waals surface area contributed by atoms with Gasteiger partial charge in [-0.2, -0.15) is 0 Å². The minimum absolute atomic E-state index is 0.367. The summed E-state index contributed by atoms with van der Waals surface area (Å²) in [4.78, 5) is 7.44. The van der Waals surface area contributed by atoms with Crippen LogP contribution in [0.3, 0.4) is 0 Å². The Labute approximate surface area is 89.4 Å². The average Bonchev–Trinajstić information content (AvgIpc) is 2.25. The molecule has 2 nitrogen and oxygen atoms in total. The number of rotatable bonds is 0. The molecule has 0 unspecified atom stereocenters. The number of aryl methyl sites for hydroxylation is 1. The first-order chi connectivity index (χ1) is 7.13. The van der Waals surface area contributed by atoms with Crippen LogP contribution < -0.4 is 0 Å². The van der Waals surface area contributed by atoms with E-state index in [0.29, 0.717) is 22.5 Å². The molecule has 0 spiro atoms. The van der Waals surface area contributed by atoms with E-state index >= 15 is 0 Å². The van der Waals surface area contributed by atoms with E-state index in [9.17, 15) is 0 Å². The topological polar surface area (TPSA) is 17.2 Å². The fourth-order valence-electron chi connectivity index (χ4n) is 1.54. The van der Waals surface area contributed by atoms with Crippen LogP contribution in [0.4, 0.5) is 5.82 Å². The molecule has 1 heterocycles. The third kappa shape index (κ3) is 1.46. The monoisotopic (exact) mass is 192 g/mol. The third-order valence-electron chi connectivity index (χ3n) is 2.44. The highest BCUT2D eigenvalue weighted by Crippen LogP contribution is 2.25. The van der Waals surface area contributed by atoms with Crippen LogP contribution in [0, 0.1) is 27.3 Å². The van der Waals surface area contributed by atoms with E-state index in [1.54, 1.807) is 12.1 Å². The van der Waals surface area contributed by atoms with Crippen LogP contribution in [-0.4, -0.2) is 4.98 Å². The quantitative estimate of drug-likeness (QED) is 0.586. The minimum Gasteiger partial charge on any atom is -0.361 e. The van der Waals surface area contributed by atoms with Crippen molar-refractivity contribution in [1.29, 1.82) is 0 Å². The van der Waals surface area contributed by atoms with Crippen molar-refractivity contribution < 1.29 is 0 Å². The van der Waals surface area contributed by atoms with Gasteiger partial charge in [0.1, 0.15) is 0 Å². The number of fused-ring (bicyclic) bond motifs is 1. The molecule has 0 aliphatic rings. The van der Waals surface area contributed by atoms with E-state index in [1.165, 1.54) is 0 Å². The molecule has 2 rings (SSSR count). The van der Waals surface area contributed by atoms with Gasteiger partial charge in [-0.3, -0.25) is 0 Å². The molecule has 2 heteroatoms. The highest BCUT2D eigenvalue weighted by atomic mass is 14.9. The summed E-state index contributed by atoms with van der Waals surface area (Å²) in [6.07, 6.45) is 0. The van der Waals surface area contributed by atoms with Crippen molar-refractivity contribution in [3.05, 3.63) is 60.2 Å². The Balaban J connectivity index is 2.87. The predicted octanol–water partition coefficient (Wildman–Crippen LogP) is 3.21. The van der Waals surface area contributed by atoms with Gasteiger partial charge in [0.2, 0.25) is 0 Å². The maximum Gasteiger partial charge on any atom is 0.270 e. The molecule has 0 atom stereocenters. The number of aromatic nitrogens is 1. The van der Waals surface area contributed by atoms with E-state index < -0.39 is 0 Å². The van der Waals surface area contributed by atoms with Gasteiger partial charge in [-0.25, -0.2) is 0 Å². The Bertz CT molecular complexity index is 577. The van der Waals surface area contributed by atoms with Gasteiger partial charge in [-0.05, 0) is 49.6 Å². The zero-order valence-electron chi connectivity index (χ0n) is 8.28. The lowest BCUT2D eigenvalue weighted by molar-refractivity contribution is 1.37. The SMILES string of the molecule is [C-]#[N+]c1ccc2c(C)c([CH])c([CH])cc2n1. The Morgan fingerprint density at radius 3 is 2.73 bits per heavy atom. The van der Waals surface area contributed by atoms with Gasteiger partial charge >= 0.3 is 0 Å². The lowest BCUT2D eigenvalue weighted by atomic mass is 9.99. The first-order valence-electron chi connectivity index (χ1n) is 4.46. The summed E-state index contributed by atoms with van der Waals surface area (Å²) in [7, 11) is 0. The van der Waals surface area contributed by atoms with Gasteiger partial charge in [0.25, 0.3) is 5.82 Å². The summed E-state index contributed by atoms with van der Waals surface area (Å²) >= 11 is 0. The second-order valence-electron chi connectivity index (χ2n) is 3.35. The van der Waals surface area contributed by atoms with Crippen molar-refractivity contribution in [3.63, 3.8) is 0 Å². The zero-order chi connectivity index (χ0) is 11.0. The summed E-state index contributed by atoms with van der Waals surface area (Å²) in [5, 5.41) is 0.939. The Morgan fingerprint density at radius 1 is 1.33 bits per heavy atom. The molecule has 0 N–H and O–H groups in total. The molecule has 15 heavy (non-hydrogen) atoms. The smallest absolute Gasteiger partial charge is 0.270 e. The summed E-state index contributed by atoms with van der Waals surface area (Å²) in [5.74, 6) is 0.367. The Morgan fingerprint density at radius 2 is 2.07 bits per heavy atom. The number of pyridine rings is 1. The lowest BCUT2D eigenvalue weighted by Crippen LogP contribution is -1.90. The van der Waals surface area contributed by atoms with Crippen molar-refractivity contribution in [2.75, 3.05) is 0 Å². The zero-order valence-corrected chi connectivity index (χ0v) is 8.28. The van der Waals surface area contributed by atoms with Crippen LogP contribution in [0.15, 0.2) is 18.2 Å². The Hall–Kier alpha value is -1.88. The van der Waals surface area contributed by atoms with Crippen molar-refractivity contribution in [3.8, 4) is 0 Å². The fraction of sp³-hybridized carbons (Fsp3) is 0.0769. The maximum absolute atomic E-state index is 6.88. The summed E-state index contributed by atoms with van der Waals surface area (Å²) in [5.41, 5.74) is 2.72. The van der Waals surface area contributed by atoms with Gasteiger partial charge in [0, 0.05) is 5.39 Å². The van der Waals surface area contributed by atoms with E-state index in [1.807, 2.05) is 13.0 Å². The number of benzene rings is 1. The predicted molar refractivity (Wildman–Crippen MR) is 59.5 cm³/mol. The molecule has 0 fully saturated rings. The molecule has 1 aromatic carbocycles. The van der Waals surface area contributed by atoms with Gasteiger partial charge in [0.05, 0.1) is 0 Å². The number of nitrogens with zero attached hydrogens (tertiary/aromatic N) is 2. The second-order valence-corrected chi connectivity index (χ2v) is 3.35. The van der Waals surface area contributed by atoms with Crippen LogP contribution in [0.2, 0.25) is 0 Å². The largest absolute Gasteiger partial charge is 0.361 e. The molecular formula is C13H8N2. The Kier molecular flexibility index (Phi) is 2.17. The van der Waals surface area contributed by atoms with E-state index in [2.05, 4.69) is 9.83 Å². The van der Waals surface area contributed by atoms with Gasteiger partial charge in [-0.1, -0.05) is 12.6 Å². The van der Waals surface area contributed by atoms with Crippen molar-refractivity contribution >= 4 is 16.7 Å². The average molecular weight is 192 g/mol. The molecule has 0 bridgehead atoms. The molecule has 1 aromatic heterocycles. The minimum atomic E-state index is 0.367. The van der Waals surface area contributed by atoms with Crippen molar-refractivity contribution in [1.82, 2.24) is 4.98 Å². The van der Waals surface area contributed by atoms with Crippen molar-refractivity contribution in [2.24, 2.45) is 0 Å². The normalized spacial score (nSPS) is 10.3. The third-order valence-corrected chi connectivity index (χ3v) is 2.44. The van der Waals surface area contributed by atoms with Crippen LogP contribution in [0.1, 0.15) is 16.7 Å².